The lowest BCUT2D eigenvalue weighted by Gasteiger charge is -2.11. The molecule has 1 aromatic heterocycles. The number of aromatic nitrogens is 2. The maximum Gasteiger partial charge on any atom is 0.262 e. The Morgan fingerprint density at radius 2 is 1.91 bits per heavy atom. The van der Waals surface area contributed by atoms with E-state index in [4.69, 9.17) is 0 Å². The van der Waals surface area contributed by atoms with Crippen LogP contribution in [0, 0.1) is 13.8 Å². The molecule has 23 heavy (non-hydrogen) atoms. The summed E-state index contributed by atoms with van der Waals surface area (Å²) in [6.07, 6.45) is 3.38. The van der Waals surface area contributed by atoms with Gasteiger partial charge >= 0.3 is 0 Å². The molecule has 1 heterocycles. The zero-order valence-corrected chi connectivity index (χ0v) is 13.7. The van der Waals surface area contributed by atoms with E-state index in [0.29, 0.717) is 22.0 Å². The summed E-state index contributed by atoms with van der Waals surface area (Å²) in [5, 5.41) is 0. The van der Waals surface area contributed by atoms with E-state index in [-0.39, 0.29) is 0 Å². The fraction of sp³-hybridized carbons (Fsp3) is 0.118. The number of sulfonamides is 1. The minimum Gasteiger partial charge on any atom is -0.345 e. The van der Waals surface area contributed by atoms with Crippen molar-refractivity contribution >= 4 is 15.7 Å². The van der Waals surface area contributed by atoms with Gasteiger partial charge in [-0.15, -0.1) is 0 Å². The Kier molecular flexibility index (Phi) is 3.92. The molecule has 0 saturated carbocycles. The highest BCUT2D eigenvalue weighted by molar-refractivity contribution is 7.92. The molecule has 0 amide bonds. The summed E-state index contributed by atoms with van der Waals surface area (Å²) >= 11 is 0. The van der Waals surface area contributed by atoms with Gasteiger partial charge in [-0.25, -0.2) is 13.4 Å². The van der Waals surface area contributed by atoms with Crippen molar-refractivity contribution in [3.8, 4) is 11.4 Å². The van der Waals surface area contributed by atoms with E-state index in [0.717, 1.165) is 11.1 Å². The molecule has 3 aromatic rings. The molecule has 0 aliphatic rings. The van der Waals surface area contributed by atoms with Crippen LogP contribution in [0.3, 0.4) is 0 Å². The zero-order chi connectivity index (χ0) is 16.4. The van der Waals surface area contributed by atoms with Gasteiger partial charge in [0.15, 0.2) is 0 Å². The molecule has 0 spiro atoms. The minimum absolute atomic E-state index is 0.293. The Morgan fingerprint density at radius 3 is 2.65 bits per heavy atom. The molecule has 118 valence electrons. The Bertz CT molecular complexity index is 932. The number of aryl methyl sites for hydroxylation is 2. The first-order valence-electron chi connectivity index (χ1n) is 7.15. The van der Waals surface area contributed by atoms with Crippen molar-refractivity contribution in [2.24, 2.45) is 0 Å². The SMILES string of the molecule is Cc1ccc(C)c(S(=O)(=O)Nc2cccc(-c3ncc[nH]3)c2)c1. The minimum atomic E-state index is -3.63. The third-order valence-corrected chi connectivity index (χ3v) is 5.04. The number of nitrogens with zero attached hydrogens (tertiary/aromatic N) is 1. The highest BCUT2D eigenvalue weighted by Gasteiger charge is 2.17. The normalized spacial score (nSPS) is 11.4. The summed E-state index contributed by atoms with van der Waals surface area (Å²) in [7, 11) is -3.63. The van der Waals surface area contributed by atoms with Gasteiger partial charge in [-0.1, -0.05) is 24.3 Å². The van der Waals surface area contributed by atoms with Crippen molar-refractivity contribution in [3.63, 3.8) is 0 Å². The zero-order valence-electron chi connectivity index (χ0n) is 12.9. The number of anilines is 1. The van der Waals surface area contributed by atoms with Gasteiger partial charge in [0.2, 0.25) is 0 Å². The highest BCUT2D eigenvalue weighted by atomic mass is 32.2. The number of imidazole rings is 1. The van der Waals surface area contributed by atoms with Crippen LogP contribution in [-0.2, 0) is 10.0 Å². The third-order valence-electron chi connectivity index (χ3n) is 3.52. The van der Waals surface area contributed by atoms with Gasteiger partial charge in [0.05, 0.1) is 4.90 Å². The second-order valence-corrected chi connectivity index (χ2v) is 7.04. The van der Waals surface area contributed by atoms with Crippen LogP contribution in [-0.4, -0.2) is 18.4 Å². The molecule has 0 aliphatic heterocycles. The van der Waals surface area contributed by atoms with Crippen LogP contribution < -0.4 is 4.72 Å². The molecule has 0 aliphatic carbocycles. The van der Waals surface area contributed by atoms with Crippen molar-refractivity contribution < 1.29 is 8.42 Å². The van der Waals surface area contributed by atoms with Gasteiger partial charge in [-0.3, -0.25) is 4.72 Å². The number of H-pyrrole nitrogens is 1. The predicted octanol–water partition coefficient (Wildman–Crippen LogP) is 3.49. The average Bonchev–Trinajstić information content (AvgIpc) is 3.04. The highest BCUT2D eigenvalue weighted by Crippen LogP contribution is 2.23. The van der Waals surface area contributed by atoms with E-state index in [1.54, 1.807) is 43.6 Å². The van der Waals surface area contributed by atoms with Gasteiger partial charge in [-0.05, 0) is 43.2 Å². The number of nitrogens with one attached hydrogen (secondary N) is 2. The lowest BCUT2D eigenvalue weighted by molar-refractivity contribution is 0.600. The average molecular weight is 327 g/mol. The summed E-state index contributed by atoms with van der Waals surface area (Å²) in [6.45, 7) is 3.66. The van der Waals surface area contributed by atoms with Crippen LogP contribution in [0.4, 0.5) is 5.69 Å². The van der Waals surface area contributed by atoms with Crippen molar-refractivity contribution in [1.29, 1.82) is 0 Å². The Hall–Kier alpha value is -2.60. The molecule has 3 rings (SSSR count). The first-order valence-corrected chi connectivity index (χ1v) is 8.64. The van der Waals surface area contributed by atoms with Crippen LogP contribution in [0.1, 0.15) is 11.1 Å². The van der Waals surface area contributed by atoms with Crippen molar-refractivity contribution in [3.05, 3.63) is 66.0 Å². The number of hydrogen-bond acceptors (Lipinski definition) is 3. The first kappa shape index (κ1) is 15.3. The molecule has 6 heteroatoms. The van der Waals surface area contributed by atoms with Gasteiger partial charge < -0.3 is 4.98 Å². The van der Waals surface area contributed by atoms with Crippen molar-refractivity contribution in [2.45, 2.75) is 18.7 Å². The number of benzene rings is 2. The first-order chi connectivity index (χ1) is 11.0. The second kappa shape index (κ2) is 5.89. The van der Waals surface area contributed by atoms with E-state index in [2.05, 4.69) is 14.7 Å². The third kappa shape index (κ3) is 3.27. The summed E-state index contributed by atoms with van der Waals surface area (Å²) in [5.41, 5.74) is 2.93. The van der Waals surface area contributed by atoms with E-state index >= 15 is 0 Å². The summed E-state index contributed by atoms with van der Waals surface area (Å²) in [5.74, 6) is 0.692. The molecule has 0 saturated heterocycles. The van der Waals surface area contributed by atoms with Gasteiger partial charge in [0.25, 0.3) is 10.0 Å². The van der Waals surface area contributed by atoms with E-state index in [1.807, 2.05) is 25.1 Å². The molecule has 0 bridgehead atoms. The Morgan fingerprint density at radius 1 is 1.09 bits per heavy atom. The fourth-order valence-corrected chi connectivity index (χ4v) is 3.74. The predicted molar refractivity (Wildman–Crippen MR) is 90.7 cm³/mol. The summed E-state index contributed by atoms with van der Waals surface area (Å²) < 4.78 is 27.9. The molecule has 0 unspecified atom stereocenters. The molecule has 2 aromatic carbocycles. The van der Waals surface area contributed by atoms with Gasteiger partial charge in [0.1, 0.15) is 5.82 Å². The smallest absolute Gasteiger partial charge is 0.262 e. The van der Waals surface area contributed by atoms with E-state index in [1.165, 1.54) is 0 Å². The summed E-state index contributed by atoms with van der Waals surface area (Å²) in [4.78, 5) is 7.47. The van der Waals surface area contributed by atoms with Crippen LogP contribution in [0.2, 0.25) is 0 Å². The van der Waals surface area contributed by atoms with E-state index in [9.17, 15) is 8.42 Å². The van der Waals surface area contributed by atoms with Crippen molar-refractivity contribution in [1.82, 2.24) is 9.97 Å². The molecule has 2 N–H and O–H groups in total. The Labute approximate surface area is 135 Å². The van der Waals surface area contributed by atoms with Crippen LogP contribution >= 0.6 is 0 Å². The van der Waals surface area contributed by atoms with Crippen molar-refractivity contribution in [2.75, 3.05) is 4.72 Å². The lowest BCUT2D eigenvalue weighted by Crippen LogP contribution is -2.14. The van der Waals surface area contributed by atoms with Crippen LogP contribution in [0.25, 0.3) is 11.4 Å². The number of aromatic amines is 1. The number of hydrogen-bond donors (Lipinski definition) is 2. The molecule has 0 radical (unpaired) electrons. The topological polar surface area (TPSA) is 74.8 Å². The van der Waals surface area contributed by atoms with Crippen LogP contribution in [0.5, 0.6) is 0 Å². The maximum absolute atomic E-state index is 12.6. The van der Waals surface area contributed by atoms with E-state index < -0.39 is 10.0 Å². The molecule has 0 fully saturated rings. The second-order valence-electron chi connectivity index (χ2n) is 5.39. The maximum atomic E-state index is 12.6. The number of rotatable bonds is 4. The van der Waals surface area contributed by atoms with Crippen LogP contribution in [0.15, 0.2) is 59.8 Å². The largest absolute Gasteiger partial charge is 0.345 e. The quantitative estimate of drug-likeness (QED) is 0.770. The fourth-order valence-electron chi connectivity index (χ4n) is 2.36. The molecule has 0 atom stereocenters. The van der Waals surface area contributed by atoms with Gasteiger partial charge in [0, 0.05) is 23.6 Å². The molecular formula is C17H17N3O2S. The standard InChI is InChI=1S/C17H17N3O2S/c1-12-6-7-13(2)16(10-12)23(21,22)20-15-5-3-4-14(11-15)17-18-8-9-19-17/h3-11,20H,1-2H3,(H,18,19). The van der Waals surface area contributed by atoms with Gasteiger partial charge in [-0.2, -0.15) is 0 Å². The monoisotopic (exact) mass is 327 g/mol. The Balaban J connectivity index is 1.95. The molecular weight excluding hydrogens is 310 g/mol. The molecule has 5 nitrogen and oxygen atoms in total. The summed E-state index contributed by atoms with van der Waals surface area (Å²) in [6, 6.07) is 12.5. The lowest BCUT2D eigenvalue weighted by atomic mass is 10.2.